The summed E-state index contributed by atoms with van der Waals surface area (Å²) < 4.78 is 0. The van der Waals surface area contributed by atoms with Gasteiger partial charge in [-0.3, -0.25) is 14.9 Å². The first-order valence-corrected chi connectivity index (χ1v) is 4.67. The standard InChI is InChI=1S/C10H12N2O4/c1-6(9(11)10(13)14)7-4-2-3-5-8(7)12(15)16/h2-6,9H,11H2,1H3,(H,13,14). The predicted octanol–water partition coefficient (Wildman–Crippen LogP) is 1.11. The molecule has 6 heteroatoms. The molecule has 0 aromatic heterocycles. The molecule has 0 amide bonds. The third-order valence-electron chi connectivity index (χ3n) is 2.45. The van der Waals surface area contributed by atoms with Crippen molar-refractivity contribution >= 4 is 11.7 Å². The van der Waals surface area contributed by atoms with Crippen LogP contribution in [0.2, 0.25) is 0 Å². The molecular weight excluding hydrogens is 212 g/mol. The van der Waals surface area contributed by atoms with Crippen LogP contribution in [0.25, 0.3) is 0 Å². The molecule has 3 N–H and O–H groups in total. The summed E-state index contributed by atoms with van der Waals surface area (Å²) in [5, 5.41) is 19.5. The Labute approximate surface area is 91.8 Å². The maximum atomic E-state index is 10.7. The molecule has 0 aliphatic heterocycles. The van der Waals surface area contributed by atoms with Crippen LogP contribution in [-0.2, 0) is 4.79 Å². The number of hydrogen-bond acceptors (Lipinski definition) is 4. The Morgan fingerprint density at radius 3 is 2.56 bits per heavy atom. The molecule has 0 aliphatic rings. The molecular formula is C10H12N2O4. The molecule has 1 rings (SSSR count). The van der Waals surface area contributed by atoms with Gasteiger partial charge in [0.05, 0.1) is 4.92 Å². The normalized spacial score (nSPS) is 14.1. The van der Waals surface area contributed by atoms with Gasteiger partial charge in [-0.2, -0.15) is 0 Å². The molecule has 2 unspecified atom stereocenters. The van der Waals surface area contributed by atoms with Crippen LogP contribution in [0.5, 0.6) is 0 Å². The number of nitrogens with zero attached hydrogens (tertiary/aromatic N) is 1. The van der Waals surface area contributed by atoms with Crippen LogP contribution in [0.1, 0.15) is 18.4 Å². The second-order valence-electron chi connectivity index (χ2n) is 3.47. The summed E-state index contributed by atoms with van der Waals surface area (Å²) in [6.45, 7) is 1.56. The molecule has 0 saturated heterocycles. The number of nitro benzene ring substituents is 1. The van der Waals surface area contributed by atoms with Gasteiger partial charge in [0, 0.05) is 17.5 Å². The Morgan fingerprint density at radius 2 is 2.06 bits per heavy atom. The van der Waals surface area contributed by atoms with Gasteiger partial charge in [-0.25, -0.2) is 0 Å². The van der Waals surface area contributed by atoms with Gasteiger partial charge < -0.3 is 10.8 Å². The van der Waals surface area contributed by atoms with E-state index < -0.39 is 22.9 Å². The quantitative estimate of drug-likeness (QED) is 0.588. The molecule has 0 aliphatic carbocycles. The van der Waals surface area contributed by atoms with Crippen LogP contribution >= 0.6 is 0 Å². The average Bonchev–Trinajstić information content (AvgIpc) is 2.26. The largest absolute Gasteiger partial charge is 0.480 e. The van der Waals surface area contributed by atoms with Crippen molar-refractivity contribution < 1.29 is 14.8 Å². The summed E-state index contributed by atoms with van der Waals surface area (Å²) in [6, 6.07) is 4.85. The van der Waals surface area contributed by atoms with Gasteiger partial charge in [-0.05, 0) is 0 Å². The van der Waals surface area contributed by atoms with Crippen LogP contribution < -0.4 is 5.73 Å². The minimum atomic E-state index is -1.18. The van der Waals surface area contributed by atoms with Crippen molar-refractivity contribution in [2.45, 2.75) is 18.9 Å². The minimum absolute atomic E-state index is 0.105. The average molecular weight is 224 g/mol. The van der Waals surface area contributed by atoms with Crippen molar-refractivity contribution in [2.75, 3.05) is 0 Å². The molecule has 0 bridgehead atoms. The fourth-order valence-corrected chi connectivity index (χ4v) is 1.45. The number of hydrogen-bond donors (Lipinski definition) is 2. The number of aliphatic carboxylic acids is 1. The first-order chi connectivity index (χ1) is 7.45. The first kappa shape index (κ1) is 12.1. The highest BCUT2D eigenvalue weighted by Crippen LogP contribution is 2.27. The van der Waals surface area contributed by atoms with Crippen LogP contribution in [0.15, 0.2) is 24.3 Å². The number of carbonyl (C=O) groups is 1. The lowest BCUT2D eigenvalue weighted by molar-refractivity contribution is -0.385. The fourth-order valence-electron chi connectivity index (χ4n) is 1.45. The van der Waals surface area contributed by atoms with E-state index in [0.717, 1.165) is 0 Å². The van der Waals surface area contributed by atoms with Crippen LogP contribution in [0.3, 0.4) is 0 Å². The Bertz CT molecular complexity index is 419. The summed E-state index contributed by atoms with van der Waals surface area (Å²) >= 11 is 0. The molecule has 16 heavy (non-hydrogen) atoms. The second kappa shape index (κ2) is 4.71. The van der Waals surface area contributed by atoms with Gasteiger partial charge in [0.2, 0.25) is 0 Å². The lowest BCUT2D eigenvalue weighted by atomic mass is 9.92. The third-order valence-corrected chi connectivity index (χ3v) is 2.45. The van der Waals surface area contributed by atoms with Crippen molar-refractivity contribution in [1.29, 1.82) is 0 Å². The number of nitro groups is 1. The Morgan fingerprint density at radius 1 is 1.50 bits per heavy atom. The summed E-state index contributed by atoms with van der Waals surface area (Å²) in [7, 11) is 0. The highest BCUT2D eigenvalue weighted by Gasteiger charge is 2.27. The zero-order valence-electron chi connectivity index (χ0n) is 8.66. The molecule has 0 fully saturated rings. The smallest absolute Gasteiger partial charge is 0.321 e. The van der Waals surface area contributed by atoms with Crippen molar-refractivity contribution in [2.24, 2.45) is 5.73 Å². The Balaban J connectivity index is 3.12. The SMILES string of the molecule is CC(c1ccccc1[N+](=O)[O-])C(N)C(=O)O. The molecule has 1 aromatic rings. The number of nitrogens with two attached hydrogens (primary N) is 1. The van der Waals surface area contributed by atoms with E-state index in [1.807, 2.05) is 0 Å². The zero-order chi connectivity index (χ0) is 12.3. The number of benzene rings is 1. The van der Waals surface area contributed by atoms with Crippen LogP contribution in [-0.4, -0.2) is 22.0 Å². The lowest BCUT2D eigenvalue weighted by Crippen LogP contribution is -2.35. The van der Waals surface area contributed by atoms with Gasteiger partial charge in [0.25, 0.3) is 5.69 Å². The molecule has 0 spiro atoms. The fraction of sp³-hybridized carbons (Fsp3) is 0.300. The monoisotopic (exact) mass is 224 g/mol. The zero-order valence-corrected chi connectivity index (χ0v) is 8.66. The van der Waals surface area contributed by atoms with Crippen molar-refractivity contribution in [1.82, 2.24) is 0 Å². The Hall–Kier alpha value is -1.95. The lowest BCUT2D eigenvalue weighted by Gasteiger charge is -2.15. The highest BCUT2D eigenvalue weighted by atomic mass is 16.6. The van der Waals surface area contributed by atoms with E-state index in [-0.39, 0.29) is 5.69 Å². The number of carboxylic acid groups (broad SMARTS) is 1. The number of carboxylic acids is 1. The Kier molecular flexibility index (Phi) is 3.57. The van der Waals surface area contributed by atoms with E-state index in [1.165, 1.54) is 18.2 Å². The maximum Gasteiger partial charge on any atom is 0.321 e. The van der Waals surface area contributed by atoms with Crippen molar-refractivity contribution in [3.05, 3.63) is 39.9 Å². The van der Waals surface area contributed by atoms with Gasteiger partial charge in [-0.1, -0.05) is 25.1 Å². The molecule has 0 saturated carbocycles. The summed E-state index contributed by atoms with van der Waals surface area (Å²) in [4.78, 5) is 20.9. The number of rotatable bonds is 4. The molecule has 0 radical (unpaired) electrons. The first-order valence-electron chi connectivity index (χ1n) is 4.67. The highest BCUT2D eigenvalue weighted by molar-refractivity contribution is 5.75. The van der Waals surface area contributed by atoms with Crippen LogP contribution in [0, 0.1) is 10.1 Å². The van der Waals surface area contributed by atoms with E-state index >= 15 is 0 Å². The van der Waals surface area contributed by atoms with Gasteiger partial charge >= 0.3 is 5.97 Å². The second-order valence-corrected chi connectivity index (χ2v) is 3.47. The minimum Gasteiger partial charge on any atom is -0.480 e. The summed E-state index contributed by atoms with van der Waals surface area (Å²) in [6.07, 6.45) is 0. The predicted molar refractivity (Wildman–Crippen MR) is 57.1 cm³/mol. The third kappa shape index (κ3) is 2.34. The van der Waals surface area contributed by atoms with E-state index in [4.69, 9.17) is 10.8 Å². The van der Waals surface area contributed by atoms with E-state index in [2.05, 4.69) is 0 Å². The van der Waals surface area contributed by atoms with Gasteiger partial charge in [-0.15, -0.1) is 0 Å². The molecule has 1 aromatic carbocycles. The summed E-state index contributed by atoms with van der Waals surface area (Å²) in [5.41, 5.74) is 5.67. The van der Waals surface area contributed by atoms with Gasteiger partial charge in [0.15, 0.2) is 0 Å². The van der Waals surface area contributed by atoms with Crippen molar-refractivity contribution in [3.8, 4) is 0 Å². The summed E-state index contributed by atoms with van der Waals surface area (Å²) in [5.74, 6) is -1.79. The van der Waals surface area contributed by atoms with Gasteiger partial charge in [0.1, 0.15) is 6.04 Å². The topological polar surface area (TPSA) is 106 Å². The maximum absolute atomic E-state index is 10.7. The van der Waals surface area contributed by atoms with E-state index in [0.29, 0.717) is 5.56 Å². The van der Waals surface area contributed by atoms with Crippen LogP contribution in [0.4, 0.5) is 5.69 Å². The molecule has 86 valence electrons. The molecule has 6 nitrogen and oxygen atoms in total. The van der Waals surface area contributed by atoms with E-state index in [9.17, 15) is 14.9 Å². The van der Waals surface area contributed by atoms with Crippen molar-refractivity contribution in [3.63, 3.8) is 0 Å². The molecule has 2 atom stereocenters. The number of para-hydroxylation sites is 1. The van der Waals surface area contributed by atoms with E-state index in [1.54, 1.807) is 13.0 Å². The molecule has 0 heterocycles.